The number of ketones is 1. The van der Waals surface area contributed by atoms with Gasteiger partial charge in [-0.1, -0.05) is 0 Å². The molecule has 0 heterocycles. The van der Waals surface area contributed by atoms with Gasteiger partial charge >= 0.3 is 5.97 Å². The second-order valence-corrected chi connectivity index (χ2v) is 3.62. The highest BCUT2D eigenvalue weighted by molar-refractivity contribution is 5.99. The van der Waals surface area contributed by atoms with Gasteiger partial charge in [-0.3, -0.25) is 9.59 Å². The molecule has 0 spiro atoms. The zero-order valence-corrected chi connectivity index (χ0v) is 11.3. The van der Waals surface area contributed by atoms with Crippen molar-refractivity contribution in [2.45, 2.75) is 6.92 Å². The van der Waals surface area contributed by atoms with Gasteiger partial charge in [-0.2, -0.15) is 0 Å². The molecule has 0 atom stereocenters. The van der Waals surface area contributed by atoms with Crippen molar-refractivity contribution in [1.82, 2.24) is 0 Å². The van der Waals surface area contributed by atoms with E-state index in [-0.39, 0.29) is 12.4 Å². The minimum absolute atomic E-state index is 0.316. The summed E-state index contributed by atoms with van der Waals surface area (Å²) in [5.41, 5.74) is 0.316. The van der Waals surface area contributed by atoms with E-state index in [1.165, 1.54) is 40.4 Å². The maximum absolute atomic E-state index is 11.9. The molecule has 0 aliphatic carbocycles. The number of Topliss-reactive ketones (excluding diaryl/α,β-unsaturated/α-hetero) is 1. The summed E-state index contributed by atoms with van der Waals surface area (Å²) < 4.78 is 20.1. The van der Waals surface area contributed by atoms with E-state index >= 15 is 0 Å². The van der Waals surface area contributed by atoms with E-state index in [0.29, 0.717) is 22.8 Å². The third-order valence-electron chi connectivity index (χ3n) is 2.39. The predicted molar refractivity (Wildman–Crippen MR) is 67.1 cm³/mol. The largest absolute Gasteiger partial charge is 0.493 e. The van der Waals surface area contributed by atoms with Crippen LogP contribution in [0.15, 0.2) is 12.1 Å². The number of methoxy groups -OCH3 is 3. The van der Waals surface area contributed by atoms with Crippen LogP contribution in [0, 0.1) is 0 Å². The van der Waals surface area contributed by atoms with Crippen LogP contribution in [0.2, 0.25) is 0 Å². The van der Waals surface area contributed by atoms with Gasteiger partial charge in [0.25, 0.3) is 0 Å². The highest BCUT2D eigenvalue weighted by atomic mass is 16.5. The molecule has 0 aliphatic heterocycles. The Morgan fingerprint density at radius 2 is 1.53 bits per heavy atom. The number of ether oxygens (including phenoxy) is 4. The number of benzene rings is 1. The molecule has 1 aromatic rings. The Kier molecular flexibility index (Phi) is 5.17. The Bertz CT molecular complexity index is 455. The Morgan fingerprint density at radius 3 is 1.89 bits per heavy atom. The molecule has 0 saturated heterocycles. The third-order valence-corrected chi connectivity index (χ3v) is 2.39. The Morgan fingerprint density at radius 1 is 1.00 bits per heavy atom. The number of esters is 1. The van der Waals surface area contributed by atoms with Crippen LogP contribution in [0.3, 0.4) is 0 Å². The fraction of sp³-hybridized carbons (Fsp3) is 0.385. The second-order valence-electron chi connectivity index (χ2n) is 3.62. The standard InChI is InChI=1S/C13H16O6/c1-8(14)19-7-10(15)9-5-11(16-2)13(18-4)12(6-9)17-3/h5-6H,7H2,1-4H3. The first-order valence-corrected chi connectivity index (χ1v) is 5.50. The lowest BCUT2D eigenvalue weighted by atomic mass is 10.1. The average Bonchev–Trinajstić information content (AvgIpc) is 2.42. The van der Waals surface area contributed by atoms with Gasteiger partial charge in [-0.25, -0.2) is 0 Å². The van der Waals surface area contributed by atoms with Crippen LogP contribution in [-0.4, -0.2) is 39.7 Å². The van der Waals surface area contributed by atoms with Gasteiger partial charge < -0.3 is 18.9 Å². The fourth-order valence-electron chi connectivity index (χ4n) is 1.49. The molecule has 0 unspecified atom stereocenters. The number of carbonyl (C=O) groups excluding carboxylic acids is 2. The first-order valence-electron chi connectivity index (χ1n) is 5.50. The van der Waals surface area contributed by atoms with E-state index in [1.807, 2.05) is 0 Å². The normalized spacial score (nSPS) is 9.68. The lowest BCUT2D eigenvalue weighted by molar-refractivity contribution is -0.139. The molecule has 6 heteroatoms. The van der Waals surface area contributed by atoms with Gasteiger partial charge in [0, 0.05) is 12.5 Å². The molecule has 0 amide bonds. The van der Waals surface area contributed by atoms with Crippen molar-refractivity contribution in [2.75, 3.05) is 27.9 Å². The summed E-state index contributed by atoms with van der Waals surface area (Å²) in [5, 5.41) is 0. The molecule has 0 aliphatic rings. The lowest BCUT2D eigenvalue weighted by Crippen LogP contribution is -2.12. The number of hydrogen-bond donors (Lipinski definition) is 0. The van der Waals surface area contributed by atoms with Crippen molar-refractivity contribution in [2.24, 2.45) is 0 Å². The summed E-state index contributed by atoms with van der Waals surface area (Å²) in [6, 6.07) is 3.01. The van der Waals surface area contributed by atoms with Gasteiger partial charge in [0.05, 0.1) is 21.3 Å². The monoisotopic (exact) mass is 268 g/mol. The fourth-order valence-corrected chi connectivity index (χ4v) is 1.49. The smallest absolute Gasteiger partial charge is 0.303 e. The minimum Gasteiger partial charge on any atom is -0.493 e. The van der Waals surface area contributed by atoms with Crippen molar-refractivity contribution in [3.8, 4) is 17.2 Å². The summed E-state index contributed by atoms with van der Waals surface area (Å²) in [6.45, 7) is 0.913. The Hall–Kier alpha value is -2.24. The quantitative estimate of drug-likeness (QED) is 0.574. The van der Waals surface area contributed by atoms with Crippen molar-refractivity contribution >= 4 is 11.8 Å². The molecule has 0 saturated carbocycles. The summed E-state index contributed by atoms with van der Waals surface area (Å²) >= 11 is 0. The van der Waals surface area contributed by atoms with Crippen molar-refractivity contribution < 1.29 is 28.5 Å². The molecular formula is C13H16O6. The van der Waals surface area contributed by atoms with Gasteiger partial charge in [-0.15, -0.1) is 0 Å². The van der Waals surface area contributed by atoms with Gasteiger partial charge in [0.2, 0.25) is 11.5 Å². The van der Waals surface area contributed by atoms with Crippen molar-refractivity contribution in [3.05, 3.63) is 17.7 Å². The first-order chi connectivity index (χ1) is 9.03. The summed E-state index contributed by atoms with van der Waals surface area (Å²) in [7, 11) is 4.38. The molecule has 0 radical (unpaired) electrons. The van der Waals surface area contributed by atoms with Crippen LogP contribution in [0.4, 0.5) is 0 Å². The van der Waals surface area contributed by atoms with Gasteiger partial charge in [0.1, 0.15) is 0 Å². The number of carbonyl (C=O) groups is 2. The molecule has 1 rings (SSSR count). The lowest BCUT2D eigenvalue weighted by Gasteiger charge is -2.13. The number of rotatable bonds is 6. The highest BCUT2D eigenvalue weighted by Gasteiger charge is 2.17. The molecule has 19 heavy (non-hydrogen) atoms. The SMILES string of the molecule is COc1cc(C(=O)COC(C)=O)cc(OC)c1OC. The number of hydrogen-bond acceptors (Lipinski definition) is 6. The summed E-state index contributed by atoms with van der Waals surface area (Å²) in [6.07, 6.45) is 0. The van der Waals surface area contributed by atoms with E-state index in [9.17, 15) is 9.59 Å². The zero-order valence-electron chi connectivity index (χ0n) is 11.3. The predicted octanol–water partition coefficient (Wildman–Crippen LogP) is 1.46. The van der Waals surface area contributed by atoms with Crippen LogP contribution in [0.1, 0.15) is 17.3 Å². The third kappa shape index (κ3) is 3.61. The molecule has 104 valence electrons. The molecule has 6 nitrogen and oxygen atoms in total. The Balaban J connectivity index is 3.08. The zero-order chi connectivity index (χ0) is 14.4. The summed E-state index contributed by atoms with van der Waals surface area (Å²) in [4.78, 5) is 22.5. The van der Waals surface area contributed by atoms with E-state index < -0.39 is 5.97 Å². The van der Waals surface area contributed by atoms with Crippen molar-refractivity contribution in [3.63, 3.8) is 0 Å². The molecule has 0 aromatic heterocycles. The molecule has 0 N–H and O–H groups in total. The van der Waals surface area contributed by atoms with Crippen LogP contribution in [0.5, 0.6) is 17.2 Å². The van der Waals surface area contributed by atoms with Crippen LogP contribution in [0.25, 0.3) is 0 Å². The highest BCUT2D eigenvalue weighted by Crippen LogP contribution is 2.38. The Labute approximate surface area is 111 Å². The second kappa shape index (κ2) is 6.63. The molecule has 0 fully saturated rings. The van der Waals surface area contributed by atoms with E-state index in [4.69, 9.17) is 14.2 Å². The van der Waals surface area contributed by atoms with Crippen LogP contribution >= 0.6 is 0 Å². The molecule has 1 aromatic carbocycles. The van der Waals surface area contributed by atoms with E-state index in [2.05, 4.69) is 4.74 Å². The van der Waals surface area contributed by atoms with Gasteiger partial charge in [0.15, 0.2) is 18.1 Å². The van der Waals surface area contributed by atoms with Crippen LogP contribution in [-0.2, 0) is 9.53 Å². The van der Waals surface area contributed by atoms with E-state index in [1.54, 1.807) is 0 Å². The maximum atomic E-state index is 11.9. The van der Waals surface area contributed by atoms with Gasteiger partial charge in [-0.05, 0) is 12.1 Å². The molecular weight excluding hydrogens is 252 g/mol. The van der Waals surface area contributed by atoms with E-state index in [0.717, 1.165) is 0 Å². The minimum atomic E-state index is -0.513. The average molecular weight is 268 g/mol. The molecule has 0 bridgehead atoms. The van der Waals surface area contributed by atoms with Crippen LogP contribution < -0.4 is 14.2 Å². The topological polar surface area (TPSA) is 71.1 Å². The first kappa shape index (κ1) is 14.8. The maximum Gasteiger partial charge on any atom is 0.303 e. The van der Waals surface area contributed by atoms with Crippen molar-refractivity contribution in [1.29, 1.82) is 0 Å². The summed E-state index contributed by atoms with van der Waals surface area (Å²) in [5.74, 6) is 0.269.